The van der Waals surface area contributed by atoms with E-state index in [1.54, 1.807) is 6.20 Å². The Labute approximate surface area is 153 Å². The van der Waals surface area contributed by atoms with E-state index in [4.69, 9.17) is 0 Å². The van der Waals surface area contributed by atoms with Gasteiger partial charge in [0.1, 0.15) is 5.82 Å². The number of anilines is 3. The number of nitrogens with zero attached hydrogens (tertiary/aromatic N) is 5. The second-order valence-electron chi connectivity index (χ2n) is 6.62. The average Bonchev–Trinajstić information content (AvgIpc) is 3.11. The van der Waals surface area contributed by atoms with Crippen LogP contribution in [0.2, 0.25) is 0 Å². The summed E-state index contributed by atoms with van der Waals surface area (Å²) < 4.78 is 0. The van der Waals surface area contributed by atoms with E-state index in [1.807, 2.05) is 37.3 Å². The van der Waals surface area contributed by atoms with Crippen molar-refractivity contribution in [2.45, 2.75) is 19.6 Å². The molecule has 1 aliphatic heterocycles. The van der Waals surface area contributed by atoms with Gasteiger partial charge in [0.2, 0.25) is 5.95 Å². The molecule has 0 amide bonds. The van der Waals surface area contributed by atoms with E-state index in [1.165, 1.54) is 11.1 Å². The molecule has 3 heterocycles. The summed E-state index contributed by atoms with van der Waals surface area (Å²) in [4.78, 5) is 17.8. The quantitative estimate of drug-likeness (QED) is 0.766. The normalized spacial score (nSPS) is 12.8. The molecule has 1 aromatic carbocycles. The summed E-state index contributed by atoms with van der Waals surface area (Å²) in [6.07, 6.45) is 3.67. The molecule has 0 radical (unpaired) electrons. The number of nitrogens with one attached hydrogen (secondary N) is 1. The minimum Gasteiger partial charge on any atom is -0.376 e. The third kappa shape index (κ3) is 3.44. The van der Waals surface area contributed by atoms with Crippen molar-refractivity contribution in [3.8, 4) is 0 Å². The Morgan fingerprint density at radius 3 is 2.42 bits per heavy atom. The van der Waals surface area contributed by atoms with Gasteiger partial charge in [0.25, 0.3) is 0 Å². The maximum absolute atomic E-state index is 4.67. The summed E-state index contributed by atoms with van der Waals surface area (Å²) in [5, 5.41) is 3.27. The molecule has 132 valence electrons. The molecule has 0 bridgehead atoms. The zero-order chi connectivity index (χ0) is 17.9. The Morgan fingerprint density at radius 1 is 1.00 bits per heavy atom. The van der Waals surface area contributed by atoms with Gasteiger partial charge in [0.15, 0.2) is 0 Å². The highest BCUT2D eigenvalue weighted by Gasteiger charge is 2.19. The van der Waals surface area contributed by atoms with Gasteiger partial charge in [-0.05, 0) is 29.3 Å². The molecular weight excluding hydrogens is 324 g/mol. The highest BCUT2D eigenvalue weighted by molar-refractivity contribution is 5.49. The van der Waals surface area contributed by atoms with Crippen LogP contribution < -0.4 is 15.1 Å². The molecule has 0 saturated carbocycles. The first-order valence-corrected chi connectivity index (χ1v) is 8.70. The molecular formula is C20H22N6. The summed E-state index contributed by atoms with van der Waals surface area (Å²) in [6, 6.07) is 14.6. The molecule has 26 heavy (non-hydrogen) atoms. The van der Waals surface area contributed by atoms with E-state index in [2.05, 4.69) is 55.5 Å². The number of pyridine rings is 1. The lowest BCUT2D eigenvalue weighted by Gasteiger charge is -2.17. The van der Waals surface area contributed by atoms with E-state index in [9.17, 15) is 0 Å². The third-order valence-electron chi connectivity index (χ3n) is 4.56. The second-order valence-corrected chi connectivity index (χ2v) is 6.62. The minimum atomic E-state index is 0.595. The molecule has 0 aliphatic carbocycles. The fraction of sp³-hybridized carbons (Fsp3) is 0.250. The highest BCUT2D eigenvalue weighted by atomic mass is 15.2. The Morgan fingerprint density at radius 2 is 1.77 bits per heavy atom. The molecule has 0 unspecified atom stereocenters. The lowest BCUT2D eigenvalue weighted by Crippen LogP contribution is -2.17. The Bertz CT molecular complexity index is 866. The van der Waals surface area contributed by atoms with E-state index in [0.29, 0.717) is 12.5 Å². The maximum atomic E-state index is 4.67. The monoisotopic (exact) mass is 346 g/mol. The number of rotatable bonds is 5. The number of fused-ring (bicyclic) bond motifs is 1. The second kappa shape index (κ2) is 7.00. The fourth-order valence-corrected chi connectivity index (χ4v) is 3.06. The Balaban J connectivity index is 1.42. The van der Waals surface area contributed by atoms with Gasteiger partial charge in [-0.1, -0.05) is 24.3 Å². The topological polar surface area (TPSA) is 57.2 Å². The van der Waals surface area contributed by atoms with Gasteiger partial charge < -0.3 is 15.1 Å². The number of aromatic nitrogens is 3. The van der Waals surface area contributed by atoms with E-state index in [0.717, 1.165) is 30.3 Å². The molecule has 6 heteroatoms. The Hall–Kier alpha value is -3.15. The van der Waals surface area contributed by atoms with Crippen LogP contribution in [-0.2, 0) is 19.6 Å². The van der Waals surface area contributed by atoms with Crippen molar-refractivity contribution in [3.05, 3.63) is 71.7 Å². The molecule has 1 aliphatic rings. The molecule has 6 nitrogen and oxygen atoms in total. The standard InChI is InChI=1S/C20H22N6/c1-25(2)18-8-7-17(22-12-18)11-23-20-21-10-9-19(24-20)26-13-15-5-3-4-6-16(15)14-26/h3-10,12H,11,13-14H2,1-2H3,(H,21,23,24). The summed E-state index contributed by atoms with van der Waals surface area (Å²) >= 11 is 0. The van der Waals surface area contributed by atoms with Crippen LogP contribution in [0.15, 0.2) is 54.9 Å². The SMILES string of the molecule is CN(C)c1ccc(CNc2nccc(N3Cc4ccccc4C3)n2)nc1. The predicted molar refractivity (Wildman–Crippen MR) is 104 cm³/mol. The first-order chi connectivity index (χ1) is 12.7. The van der Waals surface area contributed by atoms with E-state index < -0.39 is 0 Å². The van der Waals surface area contributed by atoms with E-state index >= 15 is 0 Å². The van der Waals surface area contributed by atoms with Crippen molar-refractivity contribution in [1.29, 1.82) is 0 Å². The van der Waals surface area contributed by atoms with Crippen LogP contribution in [0.4, 0.5) is 17.5 Å². The first-order valence-electron chi connectivity index (χ1n) is 8.70. The van der Waals surface area contributed by atoms with Gasteiger partial charge >= 0.3 is 0 Å². The average molecular weight is 346 g/mol. The van der Waals surface area contributed by atoms with Crippen molar-refractivity contribution < 1.29 is 0 Å². The van der Waals surface area contributed by atoms with Crippen LogP contribution in [-0.4, -0.2) is 29.0 Å². The number of benzene rings is 1. The van der Waals surface area contributed by atoms with Gasteiger partial charge in [-0.25, -0.2) is 4.98 Å². The predicted octanol–water partition coefficient (Wildman–Crippen LogP) is 3.07. The lowest BCUT2D eigenvalue weighted by molar-refractivity contribution is 0.849. The summed E-state index contributed by atoms with van der Waals surface area (Å²) in [7, 11) is 4.01. The van der Waals surface area contributed by atoms with Crippen LogP contribution in [0.25, 0.3) is 0 Å². The largest absolute Gasteiger partial charge is 0.376 e. The number of hydrogen-bond donors (Lipinski definition) is 1. The third-order valence-corrected chi connectivity index (χ3v) is 4.56. The Kier molecular flexibility index (Phi) is 4.39. The molecule has 4 rings (SSSR count). The zero-order valence-corrected chi connectivity index (χ0v) is 15.1. The molecule has 3 aromatic rings. The smallest absolute Gasteiger partial charge is 0.224 e. The molecule has 0 fully saturated rings. The first kappa shape index (κ1) is 16.3. The summed E-state index contributed by atoms with van der Waals surface area (Å²) in [6.45, 7) is 2.37. The van der Waals surface area contributed by atoms with E-state index in [-0.39, 0.29) is 0 Å². The van der Waals surface area contributed by atoms with Gasteiger partial charge in [-0.15, -0.1) is 0 Å². The fourth-order valence-electron chi connectivity index (χ4n) is 3.06. The van der Waals surface area contributed by atoms with Crippen LogP contribution in [0.5, 0.6) is 0 Å². The maximum Gasteiger partial charge on any atom is 0.224 e. The van der Waals surface area contributed by atoms with Crippen LogP contribution in [0, 0.1) is 0 Å². The lowest BCUT2D eigenvalue weighted by atomic mass is 10.1. The number of hydrogen-bond acceptors (Lipinski definition) is 6. The van der Waals surface area contributed by atoms with Crippen molar-refractivity contribution in [2.24, 2.45) is 0 Å². The highest BCUT2D eigenvalue weighted by Crippen LogP contribution is 2.26. The molecule has 0 atom stereocenters. The molecule has 2 aromatic heterocycles. The minimum absolute atomic E-state index is 0.595. The van der Waals surface area contributed by atoms with Gasteiger partial charge in [0, 0.05) is 33.4 Å². The van der Waals surface area contributed by atoms with Crippen LogP contribution in [0.1, 0.15) is 16.8 Å². The van der Waals surface area contributed by atoms with Crippen molar-refractivity contribution in [3.63, 3.8) is 0 Å². The molecule has 1 N–H and O–H groups in total. The summed E-state index contributed by atoms with van der Waals surface area (Å²) in [5.74, 6) is 1.56. The zero-order valence-electron chi connectivity index (χ0n) is 15.1. The van der Waals surface area contributed by atoms with Gasteiger partial charge in [0.05, 0.1) is 24.1 Å². The summed E-state index contributed by atoms with van der Waals surface area (Å²) in [5.41, 5.74) is 4.77. The van der Waals surface area contributed by atoms with Gasteiger partial charge in [-0.2, -0.15) is 4.98 Å². The van der Waals surface area contributed by atoms with Crippen molar-refractivity contribution >= 4 is 17.5 Å². The molecule has 0 saturated heterocycles. The van der Waals surface area contributed by atoms with Crippen molar-refractivity contribution in [1.82, 2.24) is 15.0 Å². The van der Waals surface area contributed by atoms with Gasteiger partial charge in [-0.3, -0.25) is 4.98 Å². The van der Waals surface area contributed by atoms with Crippen LogP contribution >= 0.6 is 0 Å². The van der Waals surface area contributed by atoms with Crippen LogP contribution in [0.3, 0.4) is 0 Å². The van der Waals surface area contributed by atoms with Crippen molar-refractivity contribution in [2.75, 3.05) is 29.2 Å². The molecule has 0 spiro atoms.